The predicted molar refractivity (Wildman–Crippen MR) is 135 cm³/mol. The fraction of sp³-hybridized carbons (Fsp3) is 0.480. The third-order valence-electron chi connectivity index (χ3n) is 6.05. The normalized spacial score (nSPS) is 14.3. The largest absolute Gasteiger partial charge is 0.503 e. The number of carbonyl (C=O) groups excluding carboxylic acids is 2. The van der Waals surface area contributed by atoms with E-state index < -0.39 is 34.6 Å². The van der Waals surface area contributed by atoms with Crippen molar-refractivity contribution in [2.75, 3.05) is 26.2 Å². The zero-order valence-corrected chi connectivity index (χ0v) is 21.5. The summed E-state index contributed by atoms with van der Waals surface area (Å²) in [4.78, 5) is 39.9. The topological polar surface area (TPSA) is 94.9 Å². The van der Waals surface area contributed by atoms with Crippen LogP contribution in [0.25, 0.3) is 0 Å². The summed E-state index contributed by atoms with van der Waals surface area (Å²) in [6.45, 7) is 8.78. The van der Waals surface area contributed by atoms with Gasteiger partial charge in [0.1, 0.15) is 17.2 Å². The Kier molecular flexibility index (Phi) is 9.13. The summed E-state index contributed by atoms with van der Waals surface area (Å²) < 4.78 is 30.3. The lowest BCUT2D eigenvalue weighted by Crippen LogP contribution is -2.43. The number of hydrogen-bond acceptors (Lipinski definition) is 6. The van der Waals surface area contributed by atoms with Crippen LogP contribution in [0, 0.1) is 23.5 Å². The number of nitrogens with one attached hydrogen (secondary N) is 1. The third-order valence-corrected chi connectivity index (χ3v) is 6.37. The molecule has 0 unspecified atom stereocenters. The van der Waals surface area contributed by atoms with Crippen molar-refractivity contribution >= 4 is 24.6 Å². The number of carbonyl (C=O) groups is 2. The number of aromatic hydroxyl groups is 1. The van der Waals surface area contributed by atoms with Crippen LogP contribution in [0.1, 0.15) is 53.6 Å². The van der Waals surface area contributed by atoms with Crippen LogP contribution in [0.3, 0.4) is 0 Å². The maximum atomic E-state index is 13.8. The van der Waals surface area contributed by atoms with Gasteiger partial charge < -0.3 is 19.9 Å². The van der Waals surface area contributed by atoms with E-state index >= 15 is 0 Å². The molecule has 0 bridgehead atoms. The Balaban J connectivity index is 1.67. The van der Waals surface area contributed by atoms with Crippen molar-refractivity contribution in [3.8, 4) is 5.75 Å². The maximum Gasteiger partial charge on any atom is 0.274 e. The summed E-state index contributed by atoms with van der Waals surface area (Å²) in [5.74, 6) is -2.91. The molecule has 1 aliphatic heterocycles. The summed E-state index contributed by atoms with van der Waals surface area (Å²) in [5, 5.41) is 12.9. The van der Waals surface area contributed by atoms with Crippen molar-refractivity contribution in [2.45, 2.75) is 40.3 Å². The van der Waals surface area contributed by atoms with E-state index in [1.54, 1.807) is 4.90 Å². The lowest BCUT2D eigenvalue weighted by Gasteiger charge is -2.31. The number of fused-ring (bicyclic) bond motifs is 1. The van der Waals surface area contributed by atoms with Gasteiger partial charge in [-0.2, -0.15) is 0 Å². The van der Waals surface area contributed by atoms with Crippen LogP contribution in [-0.4, -0.2) is 56.9 Å². The van der Waals surface area contributed by atoms with Gasteiger partial charge in [0, 0.05) is 57.1 Å². The standard InChI is InChI=1S/C25H32F2N4O4S/c1-15(2)12-31(36)13-16(3)6-7-29-8-9-30-14-19(22(32)23(33)21(30)25(29)35)24(34)28-11-17-4-5-18(26)10-20(17)27/h4-5,10,14-16,33,36H,6-9,11-13H2,1-3H3,(H,28,34)/t16-/m1/s1. The average Bonchev–Trinajstić information content (AvgIpc) is 2.79. The molecule has 2 heterocycles. The summed E-state index contributed by atoms with van der Waals surface area (Å²) >= 11 is 4.49. The first kappa shape index (κ1) is 27.7. The number of pyridine rings is 1. The van der Waals surface area contributed by atoms with E-state index in [0.717, 1.165) is 25.6 Å². The first-order chi connectivity index (χ1) is 17.0. The molecule has 0 saturated carbocycles. The molecule has 11 heteroatoms. The van der Waals surface area contributed by atoms with Crippen molar-refractivity contribution in [1.82, 2.24) is 19.1 Å². The Morgan fingerprint density at radius 1 is 1.19 bits per heavy atom. The molecule has 2 aromatic rings. The Labute approximate surface area is 214 Å². The molecule has 2 amide bonds. The summed E-state index contributed by atoms with van der Waals surface area (Å²) in [6, 6.07) is 2.94. The monoisotopic (exact) mass is 522 g/mol. The molecule has 0 aliphatic carbocycles. The number of amides is 2. The molecule has 196 valence electrons. The third kappa shape index (κ3) is 6.64. The van der Waals surface area contributed by atoms with Crippen LogP contribution in [0.4, 0.5) is 8.78 Å². The molecule has 1 aliphatic rings. The highest BCUT2D eigenvalue weighted by Gasteiger charge is 2.31. The van der Waals surface area contributed by atoms with Gasteiger partial charge in [-0.25, -0.2) is 8.78 Å². The van der Waals surface area contributed by atoms with Gasteiger partial charge in [0.05, 0.1) is 0 Å². The molecule has 0 fully saturated rings. The van der Waals surface area contributed by atoms with Gasteiger partial charge in [0.25, 0.3) is 11.8 Å². The predicted octanol–water partition coefficient (Wildman–Crippen LogP) is 3.05. The zero-order chi connectivity index (χ0) is 26.6. The average molecular weight is 523 g/mol. The SMILES string of the molecule is CC(C)CN(S)C[C@H](C)CCN1CCn2cc(C(=O)NCc3ccc(F)cc3F)c(=O)c(O)c2C1=O. The first-order valence-electron chi connectivity index (χ1n) is 11.9. The number of rotatable bonds is 10. The Bertz CT molecular complexity index is 1190. The molecular weight excluding hydrogens is 490 g/mol. The molecule has 0 radical (unpaired) electrons. The van der Waals surface area contributed by atoms with Crippen LogP contribution >= 0.6 is 12.8 Å². The molecule has 1 aromatic carbocycles. The zero-order valence-electron chi connectivity index (χ0n) is 20.6. The molecule has 1 aromatic heterocycles. The summed E-state index contributed by atoms with van der Waals surface area (Å²) in [7, 11) is 0. The minimum atomic E-state index is -0.985. The quantitative estimate of drug-likeness (QED) is 0.417. The van der Waals surface area contributed by atoms with E-state index in [-0.39, 0.29) is 29.3 Å². The second-order valence-corrected chi connectivity index (χ2v) is 10.2. The van der Waals surface area contributed by atoms with Gasteiger partial charge in [-0.15, -0.1) is 0 Å². The van der Waals surface area contributed by atoms with E-state index in [4.69, 9.17) is 0 Å². The van der Waals surface area contributed by atoms with Gasteiger partial charge in [0.2, 0.25) is 5.43 Å². The van der Waals surface area contributed by atoms with Crippen LogP contribution in [0.2, 0.25) is 0 Å². The van der Waals surface area contributed by atoms with E-state index in [1.807, 2.05) is 4.31 Å². The fourth-order valence-electron chi connectivity index (χ4n) is 4.16. The van der Waals surface area contributed by atoms with Gasteiger partial charge in [0.15, 0.2) is 11.4 Å². The van der Waals surface area contributed by atoms with Gasteiger partial charge in [-0.3, -0.25) is 18.7 Å². The van der Waals surface area contributed by atoms with Crippen molar-refractivity contribution in [1.29, 1.82) is 0 Å². The fourth-order valence-corrected chi connectivity index (χ4v) is 4.77. The Hall–Kier alpha value is -2.92. The highest BCUT2D eigenvalue weighted by Crippen LogP contribution is 2.22. The van der Waals surface area contributed by atoms with E-state index in [1.165, 1.54) is 16.8 Å². The minimum Gasteiger partial charge on any atom is -0.503 e. The maximum absolute atomic E-state index is 13.8. The molecule has 3 rings (SSSR count). The minimum absolute atomic E-state index is 0.0392. The number of hydrogen-bond donors (Lipinski definition) is 3. The molecule has 2 N–H and O–H groups in total. The van der Waals surface area contributed by atoms with Gasteiger partial charge in [-0.05, 0) is 24.3 Å². The number of thiol groups is 1. The van der Waals surface area contributed by atoms with Crippen molar-refractivity contribution in [3.05, 3.63) is 63.1 Å². The summed E-state index contributed by atoms with van der Waals surface area (Å²) in [5.41, 5.74) is -1.47. The number of benzene rings is 1. The molecular formula is C25H32F2N4O4S. The first-order valence-corrected chi connectivity index (χ1v) is 12.3. The lowest BCUT2D eigenvalue weighted by atomic mass is 10.1. The molecule has 0 spiro atoms. The van der Waals surface area contributed by atoms with E-state index in [9.17, 15) is 28.3 Å². The summed E-state index contributed by atoms with van der Waals surface area (Å²) in [6.07, 6.45) is 1.96. The van der Waals surface area contributed by atoms with E-state index in [0.29, 0.717) is 31.6 Å². The molecule has 36 heavy (non-hydrogen) atoms. The number of halogens is 2. The number of nitrogens with zero attached hydrogens (tertiary/aromatic N) is 3. The smallest absolute Gasteiger partial charge is 0.274 e. The Morgan fingerprint density at radius 3 is 2.58 bits per heavy atom. The van der Waals surface area contributed by atoms with Crippen molar-refractivity contribution in [3.63, 3.8) is 0 Å². The van der Waals surface area contributed by atoms with Gasteiger partial charge in [-0.1, -0.05) is 39.7 Å². The van der Waals surface area contributed by atoms with Crippen LogP contribution < -0.4 is 10.7 Å². The molecule has 1 atom stereocenters. The second-order valence-electron chi connectivity index (χ2n) is 9.63. The van der Waals surface area contributed by atoms with Crippen LogP contribution in [0.15, 0.2) is 29.2 Å². The Morgan fingerprint density at radius 2 is 1.92 bits per heavy atom. The van der Waals surface area contributed by atoms with Crippen molar-refractivity contribution < 1.29 is 23.5 Å². The second kappa shape index (κ2) is 11.9. The van der Waals surface area contributed by atoms with Crippen molar-refractivity contribution in [2.24, 2.45) is 11.8 Å². The van der Waals surface area contributed by atoms with Gasteiger partial charge >= 0.3 is 0 Å². The van der Waals surface area contributed by atoms with Crippen LogP contribution in [-0.2, 0) is 13.1 Å². The number of aromatic nitrogens is 1. The highest BCUT2D eigenvalue weighted by molar-refractivity contribution is 7.77. The van der Waals surface area contributed by atoms with Crippen LogP contribution in [0.5, 0.6) is 5.75 Å². The van der Waals surface area contributed by atoms with E-state index in [2.05, 4.69) is 38.9 Å². The lowest BCUT2D eigenvalue weighted by molar-refractivity contribution is 0.0684. The molecule has 0 saturated heterocycles. The molecule has 8 nitrogen and oxygen atoms in total. The highest BCUT2D eigenvalue weighted by atomic mass is 32.1.